The fourth-order valence-electron chi connectivity index (χ4n) is 7.41. The molecule has 51 heavy (non-hydrogen) atoms. The standard InChI is InChI=1S/C45H25N3OS2/c1-2-11-26(12-3-1)43-46-44(27-21-22-39-33(23-27)30-13-5-8-18-37(30)50-39)48-45(47-43)34-24-28(25-36-41(34)31-14-4-7-17-35(31)49-36)29-16-10-20-40-42(29)32-15-6-9-19-38(32)51-40/h1-25H. The average Bonchev–Trinajstić information content (AvgIpc) is 3.88. The maximum Gasteiger partial charge on any atom is 0.164 e. The van der Waals surface area contributed by atoms with Gasteiger partial charge in [0.1, 0.15) is 11.2 Å². The predicted octanol–water partition coefficient (Wildman–Crippen LogP) is 13.2. The molecule has 0 aliphatic carbocycles. The molecule has 0 radical (unpaired) electrons. The number of thiophene rings is 2. The summed E-state index contributed by atoms with van der Waals surface area (Å²) in [5, 5.41) is 6.97. The van der Waals surface area contributed by atoms with E-state index in [9.17, 15) is 0 Å². The molecule has 0 fully saturated rings. The number of fused-ring (bicyclic) bond motifs is 9. The van der Waals surface area contributed by atoms with Crippen LogP contribution >= 0.6 is 22.7 Å². The summed E-state index contributed by atoms with van der Waals surface area (Å²) in [5.41, 5.74) is 6.63. The molecule has 0 atom stereocenters. The Kier molecular flexibility index (Phi) is 6.26. The first-order valence-corrected chi connectivity index (χ1v) is 18.5. The van der Waals surface area contributed by atoms with Gasteiger partial charge < -0.3 is 4.42 Å². The lowest BCUT2D eigenvalue weighted by atomic mass is 9.95. The second-order valence-corrected chi connectivity index (χ2v) is 14.9. The van der Waals surface area contributed by atoms with Crippen LogP contribution in [0.15, 0.2) is 156 Å². The van der Waals surface area contributed by atoms with Crippen molar-refractivity contribution in [3.05, 3.63) is 152 Å². The molecular weight excluding hydrogens is 663 g/mol. The molecule has 0 spiro atoms. The number of para-hydroxylation sites is 1. The van der Waals surface area contributed by atoms with Gasteiger partial charge in [-0.1, -0.05) is 97.1 Å². The average molecular weight is 688 g/mol. The van der Waals surface area contributed by atoms with Crippen molar-refractivity contribution in [2.75, 3.05) is 0 Å². The summed E-state index contributed by atoms with van der Waals surface area (Å²) in [6.45, 7) is 0. The molecule has 0 bridgehead atoms. The van der Waals surface area contributed by atoms with Crippen LogP contribution < -0.4 is 0 Å². The lowest BCUT2D eigenvalue weighted by molar-refractivity contribution is 0.669. The van der Waals surface area contributed by atoms with Crippen LogP contribution in [0.5, 0.6) is 0 Å². The minimum atomic E-state index is 0.606. The minimum absolute atomic E-state index is 0.606. The molecule has 4 aromatic heterocycles. The van der Waals surface area contributed by atoms with E-state index in [1.165, 1.54) is 40.3 Å². The van der Waals surface area contributed by atoms with Crippen molar-refractivity contribution in [2.24, 2.45) is 0 Å². The number of rotatable bonds is 4. The normalized spacial score (nSPS) is 11.9. The van der Waals surface area contributed by atoms with Crippen LogP contribution in [0.2, 0.25) is 0 Å². The highest BCUT2D eigenvalue weighted by molar-refractivity contribution is 7.26. The minimum Gasteiger partial charge on any atom is -0.456 e. The first kappa shape index (κ1) is 28.6. The molecule has 4 nitrogen and oxygen atoms in total. The first-order valence-electron chi connectivity index (χ1n) is 16.8. The van der Waals surface area contributed by atoms with Gasteiger partial charge in [0.05, 0.1) is 0 Å². The molecule has 0 N–H and O–H groups in total. The monoisotopic (exact) mass is 687 g/mol. The van der Waals surface area contributed by atoms with Crippen molar-refractivity contribution in [3.63, 3.8) is 0 Å². The molecular formula is C45H25N3OS2. The molecule has 0 unspecified atom stereocenters. The number of aromatic nitrogens is 3. The molecule has 0 aliphatic heterocycles. The van der Waals surface area contributed by atoms with E-state index in [1.807, 2.05) is 53.0 Å². The maximum absolute atomic E-state index is 6.60. The third kappa shape index (κ3) is 4.54. The zero-order valence-corrected chi connectivity index (χ0v) is 28.6. The zero-order valence-electron chi connectivity index (χ0n) is 27.0. The number of hydrogen-bond donors (Lipinski definition) is 0. The molecule has 0 saturated carbocycles. The molecule has 6 heteroatoms. The number of hydrogen-bond acceptors (Lipinski definition) is 6. The SMILES string of the molecule is c1ccc(-c2nc(-c3ccc4sc5ccccc5c4c3)nc(-c3cc(-c4cccc5sc6ccccc6c45)cc4oc5ccccc5c34)n2)cc1. The molecule has 0 saturated heterocycles. The predicted molar refractivity (Wildman–Crippen MR) is 215 cm³/mol. The van der Waals surface area contributed by atoms with Gasteiger partial charge in [-0.3, -0.25) is 0 Å². The van der Waals surface area contributed by atoms with Crippen molar-refractivity contribution in [2.45, 2.75) is 0 Å². The van der Waals surface area contributed by atoms with Crippen LogP contribution in [0.25, 0.3) is 108 Å². The molecule has 0 aliphatic rings. The van der Waals surface area contributed by atoms with Gasteiger partial charge in [-0.05, 0) is 65.7 Å². The van der Waals surface area contributed by atoms with E-state index in [0.29, 0.717) is 17.5 Å². The van der Waals surface area contributed by atoms with Gasteiger partial charge in [-0.2, -0.15) is 0 Å². The summed E-state index contributed by atoms with van der Waals surface area (Å²) in [7, 11) is 0. The smallest absolute Gasteiger partial charge is 0.164 e. The van der Waals surface area contributed by atoms with E-state index in [0.717, 1.165) is 49.8 Å². The Morgan fingerprint density at radius 3 is 1.86 bits per heavy atom. The largest absolute Gasteiger partial charge is 0.456 e. The molecule has 11 rings (SSSR count). The highest BCUT2D eigenvalue weighted by atomic mass is 32.1. The highest BCUT2D eigenvalue weighted by Gasteiger charge is 2.21. The zero-order chi connectivity index (χ0) is 33.5. The first-order chi connectivity index (χ1) is 25.2. The van der Waals surface area contributed by atoms with Gasteiger partial charge in [-0.25, -0.2) is 15.0 Å². The van der Waals surface area contributed by atoms with E-state index in [4.69, 9.17) is 19.4 Å². The number of benzene rings is 7. The van der Waals surface area contributed by atoms with E-state index < -0.39 is 0 Å². The molecule has 4 heterocycles. The van der Waals surface area contributed by atoms with Crippen molar-refractivity contribution < 1.29 is 4.42 Å². The van der Waals surface area contributed by atoms with Crippen molar-refractivity contribution in [3.8, 4) is 45.3 Å². The lowest BCUT2D eigenvalue weighted by Crippen LogP contribution is -2.00. The number of furan rings is 1. The van der Waals surface area contributed by atoms with Crippen molar-refractivity contribution in [1.29, 1.82) is 0 Å². The summed E-state index contributed by atoms with van der Waals surface area (Å²) < 4.78 is 11.6. The second-order valence-electron chi connectivity index (χ2n) is 12.8. The Labute approximate surface area is 299 Å². The Hall–Kier alpha value is -6.21. The van der Waals surface area contributed by atoms with Crippen LogP contribution in [-0.2, 0) is 0 Å². The van der Waals surface area contributed by atoms with Gasteiger partial charge in [0, 0.05) is 67.8 Å². The summed E-state index contributed by atoms with van der Waals surface area (Å²) in [6.07, 6.45) is 0. The Morgan fingerprint density at radius 1 is 0.353 bits per heavy atom. The van der Waals surface area contributed by atoms with Crippen LogP contribution in [-0.4, -0.2) is 15.0 Å². The van der Waals surface area contributed by atoms with E-state index in [1.54, 1.807) is 0 Å². The maximum atomic E-state index is 6.60. The summed E-state index contributed by atoms with van der Waals surface area (Å²) in [4.78, 5) is 15.6. The second kappa shape index (κ2) is 11.2. The van der Waals surface area contributed by atoms with E-state index in [2.05, 4.69) is 121 Å². The van der Waals surface area contributed by atoms with Crippen LogP contribution in [0.4, 0.5) is 0 Å². The van der Waals surface area contributed by atoms with Crippen LogP contribution in [0.3, 0.4) is 0 Å². The van der Waals surface area contributed by atoms with E-state index in [-0.39, 0.29) is 0 Å². The summed E-state index contributed by atoms with van der Waals surface area (Å²) in [5.74, 6) is 1.87. The van der Waals surface area contributed by atoms with Crippen molar-refractivity contribution >= 4 is 85.0 Å². The number of nitrogens with zero attached hydrogens (tertiary/aromatic N) is 3. The quantitative estimate of drug-likeness (QED) is 0.185. The fourth-order valence-corrected chi connectivity index (χ4v) is 9.63. The highest BCUT2D eigenvalue weighted by Crippen LogP contribution is 2.44. The molecule has 0 amide bonds. The third-order valence-corrected chi connectivity index (χ3v) is 12.0. The van der Waals surface area contributed by atoms with Gasteiger partial charge >= 0.3 is 0 Å². The van der Waals surface area contributed by atoms with Gasteiger partial charge in [0.15, 0.2) is 17.5 Å². The van der Waals surface area contributed by atoms with E-state index >= 15 is 0 Å². The van der Waals surface area contributed by atoms with Crippen molar-refractivity contribution in [1.82, 2.24) is 15.0 Å². The Bertz CT molecular complexity index is 3160. The summed E-state index contributed by atoms with van der Waals surface area (Å²) in [6, 6.07) is 53.1. The van der Waals surface area contributed by atoms with Crippen LogP contribution in [0.1, 0.15) is 0 Å². The third-order valence-electron chi connectivity index (χ3n) is 9.74. The topological polar surface area (TPSA) is 51.8 Å². The Morgan fingerprint density at radius 2 is 1.00 bits per heavy atom. The van der Waals surface area contributed by atoms with Gasteiger partial charge in [0.2, 0.25) is 0 Å². The molecule has 238 valence electrons. The van der Waals surface area contributed by atoms with Gasteiger partial charge in [0.25, 0.3) is 0 Å². The lowest BCUT2D eigenvalue weighted by Gasteiger charge is -2.12. The Balaban J connectivity index is 1.21. The fraction of sp³-hybridized carbons (Fsp3) is 0. The van der Waals surface area contributed by atoms with Crippen LogP contribution in [0, 0.1) is 0 Å². The molecule has 11 aromatic rings. The van der Waals surface area contributed by atoms with Gasteiger partial charge in [-0.15, -0.1) is 22.7 Å². The summed E-state index contributed by atoms with van der Waals surface area (Å²) >= 11 is 3.63. The molecule has 7 aromatic carbocycles.